The Labute approximate surface area is 96.0 Å². The van der Waals surface area contributed by atoms with Gasteiger partial charge in [0.1, 0.15) is 0 Å². The third-order valence-electron chi connectivity index (χ3n) is 2.47. The van der Waals surface area contributed by atoms with Gasteiger partial charge in [-0.1, -0.05) is 0 Å². The molecule has 4 heteroatoms. The lowest BCUT2D eigenvalue weighted by atomic mass is 10.00. The Balaban J connectivity index is 2.58. The SMILES string of the molecule is COc1cc(I)c2c(c1F)CCNC2. The highest BCUT2D eigenvalue weighted by molar-refractivity contribution is 14.1. The van der Waals surface area contributed by atoms with Crippen LogP contribution in [-0.4, -0.2) is 13.7 Å². The molecule has 0 radical (unpaired) electrons. The molecule has 0 atom stereocenters. The number of hydrogen-bond acceptors (Lipinski definition) is 2. The number of rotatable bonds is 1. The molecule has 1 aliphatic rings. The maximum Gasteiger partial charge on any atom is 0.168 e. The van der Waals surface area contributed by atoms with Gasteiger partial charge in [0.15, 0.2) is 11.6 Å². The topological polar surface area (TPSA) is 21.3 Å². The minimum absolute atomic E-state index is 0.190. The lowest BCUT2D eigenvalue weighted by Crippen LogP contribution is -2.25. The third kappa shape index (κ3) is 1.61. The van der Waals surface area contributed by atoms with Crippen LogP contribution in [-0.2, 0) is 13.0 Å². The molecular formula is C10H11FINO. The lowest BCUT2D eigenvalue weighted by molar-refractivity contribution is 0.381. The molecule has 1 N–H and O–H groups in total. The molecule has 0 saturated carbocycles. The minimum atomic E-state index is -0.190. The van der Waals surface area contributed by atoms with E-state index in [0.29, 0.717) is 5.75 Å². The monoisotopic (exact) mass is 307 g/mol. The quantitative estimate of drug-likeness (QED) is 0.802. The van der Waals surface area contributed by atoms with Crippen molar-refractivity contribution in [1.82, 2.24) is 5.32 Å². The van der Waals surface area contributed by atoms with Gasteiger partial charge < -0.3 is 10.1 Å². The molecule has 2 rings (SSSR count). The van der Waals surface area contributed by atoms with Crippen molar-refractivity contribution in [1.29, 1.82) is 0 Å². The van der Waals surface area contributed by atoms with Gasteiger partial charge in [0, 0.05) is 10.1 Å². The highest BCUT2D eigenvalue weighted by Gasteiger charge is 2.19. The predicted octanol–water partition coefficient (Wildman–Crippen LogP) is 2.08. The van der Waals surface area contributed by atoms with Crippen molar-refractivity contribution in [3.63, 3.8) is 0 Å². The number of ether oxygens (including phenoxy) is 1. The number of fused-ring (bicyclic) bond motifs is 1. The van der Waals surface area contributed by atoms with Gasteiger partial charge in [-0.05, 0) is 52.7 Å². The Bertz CT molecular complexity index is 368. The van der Waals surface area contributed by atoms with Crippen LogP contribution in [0.1, 0.15) is 11.1 Å². The van der Waals surface area contributed by atoms with E-state index in [9.17, 15) is 4.39 Å². The molecule has 0 unspecified atom stereocenters. The van der Waals surface area contributed by atoms with Gasteiger partial charge >= 0.3 is 0 Å². The smallest absolute Gasteiger partial charge is 0.168 e. The fourth-order valence-corrected chi connectivity index (χ4v) is 2.52. The zero-order chi connectivity index (χ0) is 10.1. The summed E-state index contributed by atoms with van der Waals surface area (Å²) in [5.74, 6) is 0.166. The summed E-state index contributed by atoms with van der Waals surface area (Å²) in [7, 11) is 1.50. The van der Waals surface area contributed by atoms with E-state index in [0.717, 1.165) is 34.2 Å². The summed E-state index contributed by atoms with van der Waals surface area (Å²) < 4.78 is 19.8. The zero-order valence-corrected chi connectivity index (χ0v) is 10.0. The Morgan fingerprint density at radius 3 is 3.00 bits per heavy atom. The van der Waals surface area contributed by atoms with Crippen molar-refractivity contribution in [2.45, 2.75) is 13.0 Å². The Hall–Kier alpha value is -0.360. The molecular weight excluding hydrogens is 296 g/mol. The van der Waals surface area contributed by atoms with Crippen LogP contribution in [0.4, 0.5) is 4.39 Å². The molecule has 0 bridgehead atoms. The van der Waals surface area contributed by atoms with E-state index < -0.39 is 0 Å². The summed E-state index contributed by atoms with van der Waals surface area (Å²) >= 11 is 2.22. The predicted molar refractivity (Wildman–Crippen MR) is 61.1 cm³/mol. The number of benzene rings is 1. The minimum Gasteiger partial charge on any atom is -0.494 e. The van der Waals surface area contributed by atoms with E-state index in [1.165, 1.54) is 7.11 Å². The first-order valence-corrected chi connectivity index (χ1v) is 5.56. The summed E-state index contributed by atoms with van der Waals surface area (Å²) in [6, 6.07) is 1.75. The number of nitrogens with one attached hydrogen (secondary N) is 1. The van der Waals surface area contributed by atoms with Crippen molar-refractivity contribution in [2.75, 3.05) is 13.7 Å². The normalized spacial score (nSPS) is 15.1. The molecule has 0 amide bonds. The highest BCUT2D eigenvalue weighted by atomic mass is 127. The fourth-order valence-electron chi connectivity index (χ4n) is 1.72. The first-order valence-electron chi connectivity index (χ1n) is 4.48. The molecule has 0 spiro atoms. The summed E-state index contributed by atoms with van der Waals surface area (Å²) in [5, 5.41) is 3.23. The van der Waals surface area contributed by atoms with Crippen LogP contribution in [0.25, 0.3) is 0 Å². The van der Waals surface area contributed by atoms with Crippen LogP contribution in [0.3, 0.4) is 0 Å². The second kappa shape index (κ2) is 4.02. The van der Waals surface area contributed by atoms with Crippen molar-refractivity contribution >= 4 is 22.6 Å². The van der Waals surface area contributed by atoms with Crippen LogP contribution in [0.15, 0.2) is 6.07 Å². The van der Waals surface area contributed by atoms with Gasteiger partial charge in [-0.25, -0.2) is 4.39 Å². The molecule has 1 aliphatic heterocycles. The number of halogens is 2. The Morgan fingerprint density at radius 1 is 1.50 bits per heavy atom. The van der Waals surface area contributed by atoms with Crippen LogP contribution in [0.5, 0.6) is 5.75 Å². The molecule has 1 heterocycles. The fraction of sp³-hybridized carbons (Fsp3) is 0.400. The van der Waals surface area contributed by atoms with Crippen LogP contribution in [0, 0.1) is 9.39 Å². The summed E-state index contributed by atoms with van der Waals surface area (Å²) in [6.45, 7) is 1.60. The maximum atomic E-state index is 13.8. The van der Waals surface area contributed by atoms with Crippen molar-refractivity contribution in [3.05, 3.63) is 26.6 Å². The first-order chi connectivity index (χ1) is 6.74. The third-order valence-corrected chi connectivity index (χ3v) is 3.43. The van der Waals surface area contributed by atoms with E-state index in [-0.39, 0.29) is 5.82 Å². The Kier molecular flexibility index (Phi) is 2.92. The van der Waals surface area contributed by atoms with E-state index in [1.807, 2.05) is 0 Å². The van der Waals surface area contributed by atoms with E-state index in [1.54, 1.807) is 6.07 Å². The van der Waals surface area contributed by atoms with Crippen LogP contribution >= 0.6 is 22.6 Å². The molecule has 0 aliphatic carbocycles. The van der Waals surface area contributed by atoms with E-state index >= 15 is 0 Å². The van der Waals surface area contributed by atoms with Crippen LogP contribution < -0.4 is 10.1 Å². The van der Waals surface area contributed by atoms with E-state index in [2.05, 4.69) is 27.9 Å². The summed E-state index contributed by atoms with van der Waals surface area (Å²) in [5.41, 5.74) is 1.89. The average Bonchev–Trinajstić information content (AvgIpc) is 2.23. The standard InChI is InChI=1S/C10H11FINO/c1-14-9-4-8(12)7-5-13-3-2-6(7)10(9)11/h4,13H,2-3,5H2,1H3. The van der Waals surface area contributed by atoms with Crippen molar-refractivity contribution < 1.29 is 9.13 Å². The largest absolute Gasteiger partial charge is 0.494 e. The highest BCUT2D eigenvalue weighted by Crippen LogP contribution is 2.30. The molecule has 76 valence electrons. The molecule has 1 aromatic carbocycles. The molecule has 14 heavy (non-hydrogen) atoms. The summed E-state index contributed by atoms with van der Waals surface area (Å²) in [4.78, 5) is 0. The van der Waals surface area contributed by atoms with Gasteiger partial charge in [0.05, 0.1) is 7.11 Å². The first kappa shape index (κ1) is 10.2. The van der Waals surface area contributed by atoms with Gasteiger partial charge in [0.2, 0.25) is 0 Å². The second-order valence-electron chi connectivity index (χ2n) is 3.26. The molecule has 2 nitrogen and oxygen atoms in total. The molecule has 0 saturated heterocycles. The molecule has 0 aromatic heterocycles. The van der Waals surface area contributed by atoms with Gasteiger partial charge in [0.25, 0.3) is 0 Å². The van der Waals surface area contributed by atoms with E-state index in [4.69, 9.17) is 4.74 Å². The number of methoxy groups -OCH3 is 1. The van der Waals surface area contributed by atoms with Gasteiger partial charge in [-0.15, -0.1) is 0 Å². The molecule has 0 fully saturated rings. The summed E-state index contributed by atoms with van der Waals surface area (Å²) in [6.07, 6.45) is 0.744. The second-order valence-corrected chi connectivity index (χ2v) is 4.42. The Morgan fingerprint density at radius 2 is 2.29 bits per heavy atom. The van der Waals surface area contributed by atoms with Crippen LogP contribution in [0.2, 0.25) is 0 Å². The average molecular weight is 307 g/mol. The van der Waals surface area contributed by atoms with Gasteiger partial charge in [-0.2, -0.15) is 0 Å². The maximum absolute atomic E-state index is 13.8. The van der Waals surface area contributed by atoms with Crippen molar-refractivity contribution in [3.8, 4) is 5.75 Å². The number of hydrogen-bond donors (Lipinski definition) is 1. The van der Waals surface area contributed by atoms with Crippen molar-refractivity contribution in [2.24, 2.45) is 0 Å². The lowest BCUT2D eigenvalue weighted by Gasteiger charge is -2.20. The zero-order valence-electron chi connectivity index (χ0n) is 7.86. The van der Waals surface area contributed by atoms with Gasteiger partial charge in [-0.3, -0.25) is 0 Å². The molecule has 1 aromatic rings.